The van der Waals surface area contributed by atoms with Crippen LogP contribution in [0.3, 0.4) is 0 Å². The fourth-order valence-corrected chi connectivity index (χ4v) is 1.87. The third-order valence-corrected chi connectivity index (χ3v) is 3.03. The van der Waals surface area contributed by atoms with E-state index in [1.165, 1.54) is 24.3 Å². The van der Waals surface area contributed by atoms with Crippen LogP contribution in [0.5, 0.6) is 0 Å². The molecule has 0 saturated heterocycles. The number of aromatic carboxylic acids is 2. The molecule has 4 N–H and O–H groups in total. The van der Waals surface area contributed by atoms with Gasteiger partial charge in [-0.1, -0.05) is 6.42 Å². The lowest BCUT2D eigenvalue weighted by atomic mass is 9.95. The Hall–Kier alpha value is -1.92. The summed E-state index contributed by atoms with van der Waals surface area (Å²) in [4.78, 5) is 20.7. The molecule has 1 aromatic carbocycles. The Labute approximate surface area is 116 Å². The number of hydrogen-bond donors (Lipinski definition) is 4. The minimum Gasteiger partial charge on any atom is -0.478 e. The highest BCUT2D eigenvalue weighted by Crippen LogP contribution is 2.24. The van der Waals surface area contributed by atoms with Crippen molar-refractivity contribution in [3.05, 3.63) is 35.4 Å². The number of rotatable bonds is 2. The molecule has 0 unspecified atom stereocenters. The van der Waals surface area contributed by atoms with Gasteiger partial charge in [-0.25, -0.2) is 9.59 Å². The Bertz CT molecular complexity index is 422. The summed E-state index contributed by atoms with van der Waals surface area (Å²) in [6, 6.07) is 5.02. The van der Waals surface area contributed by atoms with Crippen LogP contribution in [-0.4, -0.2) is 38.2 Å². The first-order chi connectivity index (χ1) is 9.32. The fourth-order valence-electron chi connectivity index (χ4n) is 1.87. The van der Waals surface area contributed by atoms with E-state index in [0.717, 1.165) is 19.3 Å². The molecule has 2 rings (SSSR count). The molecule has 1 aliphatic carbocycles. The van der Waals surface area contributed by atoms with E-state index >= 15 is 0 Å². The molecule has 110 valence electrons. The predicted molar refractivity (Wildman–Crippen MR) is 70.6 cm³/mol. The highest BCUT2D eigenvalue weighted by atomic mass is 16.5. The van der Waals surface area contributed by atoms with Crippen molar-refractivity contribution in [2.75, 3.05) is 0 Å². The van der Waals surface area contributed by atoms with Gasteiger partial charge in [-0.05, 0) is 37.1 Å². The Morgan fingerprint density at radius 3 is 1.35 bits per heavy atom. The summed E-state index contributed by atoms with van der Waals surface area (Å²) >= 11 is 0. The zero-order valence-electron chi connectivity index (χ0n) is 11.0. The minimum absolute atomic E-state index is 0.0833. The second-order valence-corrected chi connectivity index (χ2v) is 4.73. The molecule has 0 aromatic heterocycles. The van der Waals surface area contributed by atoms with Gasteiger partial charge < -0.3 is 20.4 Å². The smallest absolute Gasteiger partial charge is 0.335 e. The summed E-state index contributed by atoms with van der Waals surface area (Å²) in [6.07, 6.45) is 4.21. The van der Waals surface area contributed by atoms with Crippen molar-refractivity contribution in [3.63, 3.8) is 0 Å². The van der Waals surface area contributed by atoms with E-state index in [-0.39, 0.29) is 11.1 Å². The van der Waals surface area contributed by atoms with Gasteiger partial charge in [0.25, 0.3) is 0 Å². The van der Waals surface area contributed by atoms with Crippen molar-refractivity contribution in [2.45, 2.75) is 37.9 Å². The van der Waals surface area contributed by atoms with Gasteiger partial charge in [-0.3, -0.25) is 0 Å². The second-order valence-electron chi connectivity index (χ2n) is 4.73. The van der Waals surface area contributed by atoms with Gasteiger partial charge in [0.05, 0.1) is 11.1 Å². The van der Waals surface area contributed by atoms with Crippen LogP contribution < -0.4 is 0 Å². The lowest BCUT2D eigenvalue weighted by molar-refractivity contribution is -0.180. The van der Waals surface area contributed by atoms with Gasteiger partial charge in [0, 0.05) is 12.8 Å². The third kappa shape index (κ3) is 5.38. The Morgan fingerprint density at radius 1 is 0.800 bits per heavy atom. The maximum atomic E-state index is 10.3. The topological polar surface area (TPSA) is 115 Å². The van der Waals surface area contributed by atoms with Crippen LogP contribution in [0.1, 0.15) is 52.8 Å². The van der Waals surface area contributed by atoms with Crippen LogP contribution in [0, 0.1) is 0 Å². The largest absolute Gasteiger partial charge is 0.478 e. The monoisotopic (exact) mass is 282 g/mol. The molecule has 20 heavy (non-hydrogen) atoms. The summed E-state index contributed by atoms with van der Waals surface area (Å²) in [6.45, 7) is 0. The van der Waals surface area contributed by atoms with Crippen molar-refractivity contribution in [2.24, 2.45) is 0 Å². The lowest BCUT2D eigenvalue weighted by Gasteiger charge is -2.25. The molecule has 0 spiro atoms. The highest BCUT2D eigenvalue weighted by Gasteiger charge is 2.24. The molecule has 1 saturated carbocycles. The van der Waals surface area contributed by atoms with Gasteiger partial charge in [0.2, 0.25) is 0 Å². The van der Waals surface area contributed by atoms with Crippen LogP contribution in [0.2, 0.25) is 0 Å². The van der Waals surface area contributed by atoms with Gasteiger partial charge in [-0.15, -0.1) is 0 Å². The Kier molecular flexibility index (Phi) is 5.66. The normalized spacial score (nSPS) is 16.7. The summed E-state index contributed by atoms with van der Waals surface area (Å²) in [5.74, 6) is -3.45. The summed E-state index contributed by atoms with van der Waals surface area (Å²) in [5, 5.41) is 34.8. The molecule has 0 bridgehead atoms. The van der Waals surface area contributed by atoms with Crippen LogP contribution >= 0.6 is 0 Å². The summed E-state index contributed by atoms with van der Waals surface area (Å²) in [5.41, 5.74) is 0.167. The third-order valence-electron chi connectivity index (χ3n) is 3.03. The van der Waals surface area contributed by atoms with Crippen molar-refractivity contribution < 1.29 is 30.0 Å². The zero-order chi connectivity index (χ0) is 15.2. The van der Waals surface area contributed by atoms with Crippen molar-refractivity contribution >= 4 is 11.9 Å². The van der Waals surface area contributed by atoms with E-state index < -0.39 is 17.7 Å². The number of carboxylic acid groups (broad SMARTS) is 2. The Morgan fingerprint density at radius 2 is 1.15 bits per heavy atom. The van der Waals surface area contributed by atoms with E-state index in [1.54, 1.807) is 0 Å². The van der Waals surface area contributed by atoms with Crippen LogP contribution in [0.25, 0.3) is 0 Å². The molecule has 0 amide bonds. The zero-order valence-corrected chi connectivity index (χ0v) is 11.0. The summed E-state index contributed by atoms with van der Waals surface area (Å²) in [7, 11) is 0. The average Bonchev–Trinajstić information content (AvgIpc) is 2.39. The summed E-state index contributed by atoms with van der Waals surface area (Å²) < 4.78 is 0. The van der Waals surface area contributed by atoms with E-state index in [1.807, 2.05) is 0 Å². The first-order valence-electron chi connectivity index (χ1n) is 6.33. The maximum Gasteiger partial charge on any atom is 0.335 e. The molecular formula is C14H18O6. The Balaban J connectivity index is 0.000000217. The minimum atomic E-state index is -1.32. The van der Waals surface area contributed by atoms with E-state index in [2.05, 4.69) is 0 Å². The van der Waals surface area contributed by atoms with Crippen molar-refractivity contribution in [1.29, 1.82) is 0 Å². The van der Waals surface area contributed by atoms with Gasteiger partial charge in [0.15, 0.2) is 5.79 Å². The number of benzene rings is 1. The number of carboxylic acids is 2. The van der Waals surface area contributed by atoms with Gasteiger partial charge in [0.1, 0.15) is 0 Å². The number of hydrogen-bond acceptors (Lipinski definition) is 4. The fraction of sp³-hybridized carbons (Fsp3) is 0.429. The molecule has 1 aromatic rings. The molecule has 6 heteroatoms. The van der Waals surface area contributed by atoms with E-state index in [0.29, 0.717) is 12.8 Å². The van der Waals surface area contributed by atoms with Crippen molar-refractivity contribution in [3.8, 4) is 0 Å². The van der Waals surface area contributed by atoms with Crippen LogP contribution in [0.4, 0.5) is 0 Å². The predicted octanol–water partition coefficient (Wildman–Crippen LogP) is 1.71. The lowest BCUT2D eigenvalue weighted by Crippen LogP contribution is -2.30. The molecule has 0 atom stereocenters. The first kappa shape index (κ1) is 16.1. The quantitative estimate of drug-likeness (QED) is 0.614. The van der Waals surface area contributed by atoms with E-state index in [9.17, 15) is 9.59 Å². The number of carbonyl (C=O) groups is 2. The average molecular weight is 282 g/mol. The van der Waals surface area contributed by atoms with Gasteiger partial charge in [-0.2, -0.15) is 0 Å². The SMILES string of the molecule is O=C(O)c1ccc(C(=O)O)cc1.OC1(O)CCCCC1. The molecule has 0 aliphatic heterocycles. The number of aliphatic hydroxyl groups is 2. The second kappa shape index (κ2) is 7.02. The van der Waals surface area contributed by atoms with Gasteiger partial charge >= 0.3 is 11.9 Å². The molecule has 1 aliphatic rings. The standard InChI is InChI=1S/C8H6O4.C6H12O2/c9-7(10)5-1-2-6(4-3-5)8(11)12;7-6(8)4-2-1-3-5-6/h1-4H,(H,9,10)(H,11,12);7-8H,1-5H2. The van der Waals surface area contributed by atoms with Crippen LogP contribution in [-0.2, 0) is 0 Å². The molecule has 6 nitrogen and oxygen atoms in total. The molecular weight excluding hydrogens is 264 g/mol. The highest BCUT2D eigenvalue weighted by molar-refractivity contribution is 5.91. The van der Waals surface area contributed by atoms with E-state index in [4.69, 9.17) is 20.4 Å². The van der Waals surface area contributed by atoms with Crippen LogP contribution in [0.15, 0.2) is 24.3 Å². The maximum absolute atomic E-state index is 10.3. The molecule has 1 fully saturated rings. The van der Waals surface area contributed by atoms with Crippen molar-refractivity contribution in [1.82, 2.24) is 0 Å². The molecule has 0 heterocycles. The molecule has 0 radical (unpaired) electrons. The first-order valence-corrected chi connectivity index (χ1v) is 6.33.